The third-order valence-corrected chi connectivity index (χ3v) is 2.91. The molecule has 0 aliphatic rings. The summed E-state index contributed by atoms with van der Waals surface area (Å²) >= 11 is 0. The molecule has 0 saturated heterocycles. The first-order chi connectivity index (χ1) is 7.54. The first-order valence-electron chi connectivity index (χ1n) is 4.91. The maximum Gasteiger partial charge on any atom is 0.168 e. The molecule has 2 aromatic carbocycles. The molecule has 0 heterocycles. The molecule has 0 spiro atoms. The Kier molecular flexibility index (Phi) is 2.79. The summed E-state index contributed by atoms with van der Waals surface area (Å²) in [7, 11) is -3.06. The van der Waals surface area contributed by atoms with Crippen LogP contribution in [-0.4, -0.2) is 14.7 Å². The molecular formula is C13H12O2S. The summed E-state index contributed by atoms with van der Waals surface area (Å²) in [4.78, 5) is 0. The van der Waals surface area contributed by atoms with E-state index < -0.39 is 9.84 Å². The van der Waals surface area contributed by atoms with E-state index in [2.05, 4.69) is 0 Å². The van der Waals surface area contributed by atoms with Gasteiger partial charge >= 0.3 is 0 Å². The molecule has 0 atom stereocenters. The van der Waals surface area contributed by atoms with Gasteiger partial charge in [-0.25, -0.2) is 8.42 Å². The Morgan fingerprint density at radius 1 is 1.00 bits per heavy atom. The van der Waals surface area contributed by atoms with Crippen LogP contribution < -0.4 is 0 Å². The smallest absolute Gasteiger partial charge is 0.168 e. The van der Waals surface area contributed by atoms with Gasteiger partial charge in [0.25, 0.3) is 0 Å². The van der Waals surface area contributed by atoms with Crippen molar-refractivity contribution in [3.63, 3.8) is 0 Å². The van der Waals surface area contributed by atoms with Gasteiger partial charge in [-0.05, 0) is 28.5 Å². The van der Waals surface area contributed by atoms with Crippen LogP contribution in [0.15, 0.2) is 47.9 Å². The zero-order chi connectivity index (χ0) is 11.6. The van der Waals surface area contributed by atoms with Crippen LogP contribution in [0.2, 0.25) is 0 Å². The lowest BCUT2D eigenvalue weighted by molar-refractivity contribution is 0.610. The average molecular weight is 232 g/mol. The molecule has 0 saturated carbocycles. The predicted octanol–water partition coefficient (Wildman–Crippen LogP) is 2.86. The molecule has 0 unspecified atom stereocenters. The third kappa shape index (κ3) is 2.70. The predicted molar refractivity (Wildman–Crippen MR) is 67.8 cm³/mol. The molecule has 0 N–H and O–H groups in total. The van der Waals surface area contributed by atoms with Gasteiger partial charge in [0.15, 0.2) is 9.84 Å². The van der Waals surface area contributed by atoms with E-state index in [-0.39, 0.29) is 0 Å². The SMILES string of the molecule is CS(=O)(=O)/C=C/c1ccc2ccccc2c1. The molecule has 0 aliphatic heterocycles. The molecule has 3 heteroatoms. The van der Waals surface area contributed by atoms with Gasteiger partial charge in [0, 0.05) is 11.7 Å². The minimum absolute atomic E-state index is 0.893. The molecule has 2 nitrogen and oxygen atoms in total. The quantitative estimate of drug-likeness (QED) is 0.798. The van der Waals surface area contributed by atoms with Gasteiger partial charge in [0.05, 0.1) is 0 Å². The van der Waals surface area contributed by atoms with Crippen molar-refractivity contribution in [3.05, 3.63) is 53.4 Å². The molecule has 0 aromatic heterocycles. The Labute approximate surface area is 95.1 Å². The summed E-state index contributed by atoms with van der Waals surface area (Å²) in [5, 5.41) is 3.48. The topological polar surface area (TPSA) is 34.1 Å². The Bertz CT molecular complexity index is 640. The summed E-state index contributed by atoms with van der Waals surface area (Å²) in [5.41, 5.74) is 0.893. The molecule has 0 aliphatic carbocycles. The first-order valence-corrected chi connectivity index (χ1v) is 6.87. The van der Waals surface area contributed by atoms with Crippen LogP contribution in [0.4, 0.5) is 0 Å². The molecule has 16 heavy (non-hydrogen) atoms. The van der Waals surface area contributed by atoms with Crippen LogP contribution in [0.5, 0.6) is 0 Å². The summed E-state index contributed by atoms with van der Waals surface area (Å²) in [6, 6.07) is 13.8. The van der Waals surface area contributed by atoms with Crippen molar-refractivity contribution in [1.82, 2.24) is 0 Å². The van der Waals surface area contributed by atoms with Gasteiger partial charge in [0.2, 0.25) is 0 Å². The van der Waals surface area contributed by atoms with Crippen LogP contribution in [0.25, 0.3) is 16.8 Å². The minimum Gasteiger partial charge on any atom is -0.225 e. The summed E-state index contributed by atoms with van der Waals surface area (Å²) in [6.07, 6.45) is 2.80. The largest absolute Gasteiger partial charge is 0.225 e. The van der Waals surface area contributed by atoms with E-state index in [4.69, 9.17) is 0 Å². The Hall–Kier alpha value is -1.61. The highest BCUT2D eigenvalue weighted by Gasteiger charge is 1.95. The Balaban J connectivity index is 2.44. The molecule has 82 valence electrons. The van der Waals surface area contributed by atoms with E-state index in [9.17, 15) is 8.42 Å². The monoisotopic (exact) mass is 232 g/mol. The zero-order valence-corrected chi connectivity index (χ0v) is 9.74. The molecule has 0 bridgehead atoms. The standard InChI is InChI=1S/C13H12O2S/c1-16(14,15)9-8-11-6-7-12-4-2-3-5-13(12)10-11/h2-10H,1H3/b9-8+. The summed E-state index contributed by atoms with van der Waals surface area (Å²) in [6.45, 7) is 0. The van der Waals surface area contributed by atoms with Crippen molar-refractivity contribution in [2.24, 2.45) is 0 Å². The van der Waals surface area contributed by atoms with Gasteiger partial charge < -0.3 is 0 Å². The zero-order valence-electron chi connectivity index (χ0n) is 8.92. The molecular weight excluding hydrogens is 220 g/mol. The second kappa shape index (κ2) is 4.10. The van der Waals surface area contributed by atoms with E-state index >= 15 is 0 Å². The van der Waals surface area contributed by atoms with Gasteiger partial charge in [0.1, 0.15) is 0 Å². The minimum atomic E-state index is -3.06. The van der Waals surface area contributed by atoms with Gasteiger partial charge in [-0.2, -0.15) is 0 Å². The lowest BCUT2D eigenvalue weighted by Gasteiger charge is -1.98. The average Bonchev–Trinajstić information content (AvgIpc) is 2.25. The van der Waals surface area contributed by atoms with Crippen molar-refractivity contribution in [1.29, 1.82) is 0 Å². The van der Waals surface area contributed by atoms with Gasteiger partial charge in [-0.15, -0.1) is 0 Å². The first kappa shape index (κ1) is 10.9. The number of hydrogen-bond donors (Lipinski definition) is 0. The lowest BCUT2D eigenvalue weighted by atomic mass is 10.1. The van der Waals surface area contributed by atoms with Crippen molar-refractivity contribution in [3.8, 4) is 0 Å². The van der Waals surface area contributed by atoms with E-state index in [0.717, 1.165) is 16.3 Å². The summed E-state index contributed by atoms with van der Waals surface area (Å²) in [5.74, 6) is 0. The van der Waals surface area contributed by atoms with Crippen LogP contribution in [0.3, 0.4) is 0 Å². The fourth-order valence-electron chi connectivity index (χ4n) is 1.51. The molecule has 0 fully saturated rings. The fraction of sp³-hybridized carbons (Fsp3) is 0.0769. The number of sulfone groups is 1. The van der Waals surface area contributed by atoms with Crippen LogP contribution in [0, 0.1) is 0 Å². The maximum atomic E-state index is 11.0. The van der Waals surface area contributed by atoms with Gasteiger partial charge in [-0.1, -0.05) is 36.4 Å². The van der Waals surface area contributed by atoms with Crippen LogP contribution in [-0.2, 0) is 9.84 Å². The normalized spacial score (nSPS) is 12.3. The van der Waals surface area contributed by atoms with E-state index in [1.165, 1.54) is 11.7 Å². The summed E-state index contributed by atoms with van der Waals surface area (Å²) < 4.78 is 22.0. The Morgan fingerprint density at radius 2 is 1.69 bits per heavy atom. The van der Waals surface area contributed by atoms with Gasteiger partial charge in [-0.3, -0.25) is 0 Å². The van der Waals surface area contributed by atoms with Crippen molar-refractivity contribution >= 4 is 26.7 Å². The number of rotatable bonds is 2. The second-order valence-electron chi connectivity index (χ2n) is 3.74. The highest BCUT2D eigenvalue weighted by Crippen LogP contribution is 2.16. The van der Waals surface area contributed by atoms with Crippen molar-refractivity contribution < 1.29 is 8.42 Å². The van der Waals surface area contributed by atoms with Crippen molar-refractivity contribution in [2.75, 3.05) is 6.26 Å². The van der Waals surface area contributed by atoms with E-state index in [0.29, 0.717) is 0 Å². The fourth-order valence-corrected chi connectivity index (χ4v) is 1.92. The Morgan fingerprint density at radius 3 is 2.38 bits per heavy atom. The molecule has 2 aromatic rings. The van der Waals surface area contributed by atoms with Crippen LogP contribution >= 0.6 is 0 Å². The molecule has 0 amide bonds. The number of benzene rings is 2. The number of hydrogen-bond acceptors (Lipinski definition) is 2. The maximum absolute atomic E-state index is 11.0. The van der Waals surface area contributed by atoms with E-state index in [1.54, 1.807) is 6.08 Å². The lowest BCUT2D eigenvalue weighted by Crippen LogP contribution is -1.87. The van der Waals surface area contributed by atoms with E-state index in [1.807, 2.05) is 42.5 Å². The van der Waals surface area contributed by atoms with Crippen molar-refractivity contribution in [2.45, 2.75) is 0 Å². The highest BCUT2D eigenvalue weighted by molar-refractivity contribution is 7.93. The highest BCUT2D eigenvalue weighted by atomic mass is 32.2. The second-order valence-corrected chi connectivity index (χ2v) is 5.67. The third-order valence-electron chi connectivity index (χ3n) is 2.28. The molecule has 2 rings (SSSR count). The van der Waals surface area contributed by atoms with Crippen LogP contribution in [0.1, 0.15) is 5.56 Å². The molecule has 0 radical (unpaired) electrons. The number of fused-ring (bicyclic) bond motifs is 1.